The number of hydrogen-bond donors (Lipinski definition) is 0. The molecule has 5 heteroatoms. The van der Waals surface area contributed by atoms with Gasteiger partial charge in [0.2, 0.25) is 0 Å². The highest BCUT2D eigenvalue weighted by Crippen LogP contribution is 2.39. The van der Waals surface area contributed by atoms with Crippen molar-refractivity contribution in [2.75, 3.05) is 13.1 Å². The van der Waals surface area contributed by atoms with E-state index >= 15 is 0 Å². The third kappa shape index (κ3) is 1.59. The number of rotatable bonds is 1. The van der Waals surface area contributed by atoms with Gasteiger partial charge in [0.15, 0.2) is 6.23 Å². The first-order valence-electron chi connectivity index (χ1n) is 5.11. The molecular weight excluding hydrogens is 247 g/mol. The molecule has 0 radical (unpaired) electrons. The topological polar surface area (TPSA) is 24.8 Å². The lowest BCUT2D eigenvalue weighted by Crippen LogP contribution is -2.25. The SMILES string of the molecule is Clc1cc(Cl)c2c(c1)COC2N1C=NCC1. The van der Waals surface area contributed by atoms with E-state index in [0.717, 1.165) is 24.2 Å². The molecule has 0 aromatic heterocycles. The highest BCUT2D eigenvalue weighted by Gasteiger charge is 2.31. The summed E-state index contributed by atoms with van der Waals surface area (Å²) in [5.41, 5.74) is 2.10. The van der Waals surface area contributed by atoms with Crippen LogP contribution in [0.1, 0.15) is 17.4 Å². The fraction of sp³-hybridized carbons (Fsp3) is 0.364. The third-order valence-electron chi connectivity index (χ3n) is 2.84. The van der Waals surface area contributed by atoms with E-state index in [1.165, 1.54) is 0 Å². The van der Waals surface area contributed by atoms with Crippen molar-refractivity contribution in [3.8, 4) is 0 Å². The van der Waals surface area contributed by atoms with Crippen LogP contribution in [0.4, 0.5) is 0 Å². The van der Waals surface area contributed by atoms with Gasteiger partial charge in [-0.2, -0.15) is 0 Å². The van der Waals surface area contributed by atoms with Gasteiger partial charge in [0.05, 0.1) is 24.5 Å². The molecule has 0 bridgehead atoms. The zero-order valence-corrected chi connectivity index (χ0v) is 10.0. The van der Waals surface area contributed by atoms with Crippen LogP contribution in [-0.4, -0.2) is 24.3 Å². The van der Waals surface area contributed by atoms with E-state index in [2.05, 4.69) is 9.89 Å². The maximum Gasteiger partial charge on any atom is 0.159 e. The Kier molecular flexibility index (Phi) is 2.54. The van der Waals surface area contributed by atoms with Gasteiger partial charge in [-0.15, -0.1) is 0 Å². The van der Waals surface area contributed by atoms with Crippen LogP contribution >= 0.6 is 23.2 Å². The number of hydrogen-bond acceptors (Lipinski definition) is 3. The molecule has 0 spiro atoms. The molecule has 0 saturated heterocycles. The number of fused-ring (bicyclic) bond motifs is 1. The number of benzene rings is 1. The Morgan fingerprint density at radius 2 is 2.25 bits per heavy atom. The molecule has 1 atom stereocenters. The van der Waals surface area contributed by atoms with Crippen molar-refractivity contribution in [3.05, 3.63) is 33.3 Å². The van der Waals surface area contributed by atoms with Gasteiger partial charge < -0.3 is 9.64 Å². The van der Waals surface area contributed by atoms with Gasteiger partial charge in [-0.1, -0.05) is 23.2 Å². The Hall–Kier alpha value is -0.770. The van der Waals surface area contributed by atoms with Crippen molar-refractivity contribution >= 4 is 29.5 Å². The van der Waals surface area contributed by atoms with Gasteiger partial charge in [0.25, 0.3) is 0 Å². The van der Waals surface area contributed by atoms with E-state index in [0.29, 0.717) is 16.7 Å². The number of aliphatic imine (C=N–C) groups is 1. The lowest BCUT2D eigenvalue weighted by Gasteiger charge is -2.23. The van der Waals surface area contributed by atoms with Gasteiger partial charge in [0.1, 0.15) is 0 Å². The Morgan fingerprint density at radius 1 is 1.38 bits per heavy atom. The molecule has 1 unspecified atom stereocenters. The predicted molar refractivity (Wildman–Crippen MR) is 64.1 cm³/mol. The molecule has 0 saturated carbocycles. The van der Waals surface area contributed by atoms with Crippen molar-refractivity contribution in [2.45, 2.75) is 12.8 Å². The van der Waals surface area contributed by atoms with Gasteiger partial charge >= 0.3 is 0 Å². The Labute approximate surface area is 104 Å². The fourth-order valence-corrected chi connectivity index (χ4v) is 2.75. The summed E-state index contributed by atoms with van der Waals surface area (Å²) in [7, 11) is 0. The summed E-state index contributed by atoms with van der Waals surface area (Å²) in [6.45, 7) is 2.26. The largest absolute Gasteiger partial charge is 0.349 e. The first kappa shape index (κ1) is 10.4. The first-order valence-corrected chi connectivity index (χ1v) is 5.86. The number of halogens is 2. The summed E-state index contributed by atoms with van der Waals surface area (Å²) in [5.74, 6) is 0. The van der Waals surface area contributed by atoms with Crippen molar-refractivity contribution in [1.29, 1.82) is 0 Å². The van der Waals surface area contributed by atoms with Crippen molar-refractivity contribution in [1.82, 2.24) is 4.90 Å². The Bertz CT molecular complexity index is 462. The van der Waals surface area contributed by atoms with Crippen LogP contribution in [0.5, 0.6) is 0 Å². The maximum atomic E-state index is 6.21. The van der Waals surface area contributed by atoms with E-state index < -0.39 is 0 Å². The molecule has 1 aromatic rings. The molecule has 0 N–H and O–H groups in total. The third-order valence-corrected chi connectivity index (χ3v) is 3.37. The number of nitrogens with zero attached hydrogens (tertiary/aromatic N) is 2. The monoisotopic (exact) mass is 256 g/mol. The van der Waals surface area contributed by atoms with Crippen LogP contribution in [0.15, 0.2) is 17.1 Å². The summed E-state index contributed by atoms with van der Waals surface area (Å²) < 4.78 is 5.73. The van der Waals surface area contributed by atoms with Crippen molar-refractivity contribution in [2.24, 2.45) is 4.99 Å². The highest BCUT2D eigenvalue weighted by molar-refractivity contribution is 6.35. The molecule has 0 aliphatic carbocycles. The number of ether oxygens (including phenoxy) is 1. The summed E-state index contributed by atoms with van der Waals surface area (Å²) in [4.78, 5) is 6.24. The standard InChI is InChI=1S/C11H10Cl2N2O/c12-8-3-7-5-16-11(10(7)9(13)4-8)15-2-1-14-6-15/h3-4,6,11H,1-2,5H2. The minimum Gasteiger partial charge on any atom is -0.349 e. The highest BCUT2D eigenvalue weighted by atomic mass is 35.5. The van der Waals surface area contributed by atoms with E-state index in [-0.39, 0.29) is 6.23 Å². The summed E-state index contributed by atoms with van der Waals surface area (Å²) in [6.07, 6.45) is 1.72. The van der Waals surface area contributed by atoms with Gasteiger partial charge in [-0.25, -0.2) is 0 Å². The van der Waals surface area contributed by atoms with E-state index in [9.17, 15) is 0 Å². The molecule has 2 aliphatic heterocycles. The zero-order valence-electron chi connectivity index (χ0n) is 8.49. The lowest BCUT2D eigenvalue weighted by molar-refractivity contribution is -0.0100. The normalized spacial score (nSPS) is 22.9. The Balaban J connectivity index is 2.01. The van der Waals surface area contributed by atoms with Gasteiger partial charge in [0, 0.05) is 17.1 Å². The van der Waals surface area contributed by atoms with Crippen LogP contribution < -0.4 is 0 Å². The van der Waals surface area contributed by atoms with Crippen LogP contribution in [-0.2, 0) is 11.3 Å². The zero-order chi connectivity index (χ0) is 11.1. The smallest absolute Gasteiger partial charge is 0.159 e. The Morgan fingerprint density at radius 3 is 3.00 bits per heavy atom. The molecule has 2 aliphatic rings. The quantitative estimate of drug-likeness (QED) is 0.772. The van der Waals surface area contributed by atoms with Gasteiger partial charge in [-0.3, -0.25) is 4.99 Å². The second-order valence-electron chi connectivity index (χ2n) is 3.88. The molecule has 0 fully saturated rings. The molecule has 2 heterocycles. The average Bonchev–Trinajstić information content (AvgIpc) is 2.82. The first-order chi connectivity index (χ1) is 7.75. The van der Waals surface area contributed by atoms with E-state index in [4.69, 9.17) is 27.9 Å². The molecular formula is C11H10Cl2N2O. The van der Waals surface area contributed by atoms with Gasteiger partial charge in [-0.05, 0) is 17.7 Å². The van der Waals surface area contributed by atoms with Crippen molar-refractivity contribution in [3.63, 3.8) is 0 Å². The molecule has 0 amide bonds. The van der Waals surface area contributed by atoms with Crippen LogP contribution in [0.3, 0.4) is 0 Å². The molecule has 3 nitrogen and oxygen atoms in total. The molecule has 84 valence electrons. The minimum atomic E-state index is -0.106. The molecule has 16 heavy (non-hydrogen) atoms. The summed E-state index contributed by atoms with van der Waals surface area (Å²) in [5, 5.41) is 1.33. The van der Waals surface area contributed by atoms with Crippen LogP contribution in [0, 0.1) is 0 Å². The second kappa shape index (κ2) is 3.91. The second-order valence-corrected chi connectivity index (χ2v) is 4.73. The van der Waals surface area contributed by atoms with Crippen LogP contribution in [0.25, 0.3) is 0 Å². The molecule has 1 aromatic carbocycles. The summed E-state index contributed by atoms with van der Waals surface area (Å²) >= 11 is 12.2. The average molecular weight is 257 g/mol. The van der Waals surface area contributed by atoms with E-state index in [1.54, 1.807) is 6.07 Å². The maximum absolute atomic E-state index is 6.21. The fourth-order valence-electron chi connectivity index (χ4n) is 2.12. The van der Waals surface area contributed by atoms with Crippen molar-refractivity contribution < 1.29 is 4.74 Å². The minimum absolute atomic E-state index is 0.106. The predicted octanol–water partition coefficient (Wildman–Crippen LogP) is 2.87. The van der Waals surface area contributed by atoms with Crippen LogP contribution in [0.2, 0.25) is 10.0 Å². The lowest BCUT2D eigenvalue weighted by atomic mass is 10.1. The van der Waals surface area contributed by atoms with E-state index in [1.807, 2.05) is 12.4 Å². The molecule has 3 rings (SSSR count). The summed E-state index contributed by atoms with van der Waals surface area (Å²) in [6, 6.07) is 3.67.